The second-order valence-corrected chi connectivity index (χ2v) is 3.69. The van der Waals surface area contributed by atoms with Gasteiger partial charge in [0.25, 0.3) is 0 Å². The summed E-state index contributed by atoms with van der Waals surface area (Å²) in [6.45, 7) is 2.08. The number of aldehydes is 1. The molecular formula is C11H12FNO. The largest absolute Gasteiger partial charge is 0.382 e. The van der Waals surface area contributed by atoms with E-state index in [4.69, 9.17) is 0 Å². The van der Waals surface area contributed by atoms with Gasteiger partial charge in [-0.15, -0.1) is 0 Å². The van der Waals surface area contributed by atoms with E-state index < -0.39 is 5.82 Å². The third kappa shape index (κ3) is 1.39. The molecule has 0 spiro atoms. The average Bonchev–Trinajstić information content (AvgIpc) is 2.18. The molecule has 0 aromatic heterocycles. The normalized spacial score (nSPS) is 19.7. The molecule has 1 aromatic carbocycles. The van der Waals surface area contributed by atoms with Gasteiger partial charge in [0.15, 0.2) is 6.29 Å². The molecule has 1 heterocycles. The zero-order valence-electron chi connectivity index (χ0n) is 8.01. The number of benzene rings is 1. The number of nitrogens with one attached hydrogen (secondary N) is 1. The van der Waals surface area contributed by atoms with Crippen molar-refractivity contribution in [2.75, 3.05) is 5.32 Å². The van der Waals surface area contributed by atoms with Crippen LogP contribution in [0.5, 0.6) is 0 Å². The molecule has 3 heteroatoms. The van der Waals surface area contributed by atoms with Gasteiger partial charge in [0.05, 0.1) is 5.56 Å². The van der Waals surface area contributed by atoms with Crippen LogP contribution in [-0.2, 0) is 6.42 Å². The van der Waals surface area contributed by atoms with Crippen molar-refractivity contribution in [2.24, 2.45) is 0 Å². The third-order valence-electron chi connectivity index (χ3n) is 2.65. The first-order chi connectivity index (χ1) is 6.72. The van der Waals surface area contributed by atoms with E-state index in [2.05, 4.69) is 12.2 Å². The van der Waals surface area contributed by atoms with E-state index in [1.165, 1.54) is 6.07 Å². The lowest BCUT2D eigenvalue weighted by atomic mass is 9.95. The summed E-state index contributed by atoms with van der Waals surface area (Å²) in [4.78, 5) is 10.7. The Kier molecular flexibility index (Phi) is 2.23. The van der Waals surface area contributed by atoms with Crippen molar-refractivity contribution in [2.45, 2.75) is 25.8 Å². The van der Waals surface area contributed by atoms with Gasteiger partial charge in [0, 0.05) is 11.7 Å². The summed E-state index contributed by atoms with van der Waals surface area (Å²) in [5.41, 5.74) is 1.92. The average molecular weight is 193 g/mol. The first kappa shape index (κ1) is 9.19. The van der Waals surface area contributed by atoms with Crippen LogP contribution < -0.4 is 5.32 Å². The Balaban J connectivity index is 2.52. The van der Waals surface area contributed by atoms with Gasteiger partial charge >= 0.3 is 0 Å². The monoisotopic (exact) mass is 193 g/mol. The summed E-state index contributed by atoms with van der Waals surface area (Å²) in [7, 11) is 0. The standard InChI is InChI=1S/C11H12FNO/c1-7-2-3-8-9(6-14)10(12)4-5-11(8)13-7/h4-7,13H,2-3H2,1H3. The molecule has 1 atom stereocenters. The zero-order chi connectivity index (χ0) is 10.1. The molecule has 2 nitrogen and oxygen atoms in total. The van der Waals surface area contributed by atoms with Crippen LogP contribution >= 0.6 is 0 Å². The van der Waals surface area contributed by atoms with E-state index in [1.54, 1.807) is 6.07 Å². The summed E-state index contributed by atoms with van der Waals surface area (Å²) in [5, 5.41) is 3.24. The molecule has 0 saturated carbocycles. The van der Waals surface area contributed by atoms with Crippen LogP contribution in [0, 0.1) is 5.82 Å². The van der Waals surface area contributed by atoms with E-state index in [9.17, 15) is 9.18 Å². The molecule has 0 saturated heterocycles. The van der Waals surface area contributed by atoms with Crippen molar-refractivity contribution < 1.29 is 9.18 Å². The van der Waals surface area contributed by atoms with Gasteiger partial charge in [0.1, 0.15) is 5.82 Å². The summed E-state index contributed by atoms with van der Waals surface area (Å²) in [6.07, 6.45) is 2.32. The highest BCUT2D eigenvalue weighted by atomic mass is 19.1. The maximum absolute atomic E-state index is 13.2. The number of anilines is 1. The van der Waals surface area contributed by atoms with E-state index in [0.717, 1.165) is 24.1 Å². The maximum atomic E-state index is 13.2. The first-order valence-electron chi connectivity index (χ1n) is 4.75. The van der Waals surface area contributed by atoms with Crippen LogP contribution in [0.1, 0.15) is 29.3 Å². The minimum absolute atomic E-state index is 0.210. The molecule has 2 rings (SSSR count). The summed E-state index contributed by atoms with van der Waals surface area (Å²) in [5.74, 6) is -0.421. The number of rotatable bonds is 1. The fraction of sp³-hybridized carbons (Fsp3) is 0.364. The zero-order valence-corrected chi connectivity index (χ0v) is 8.01. The lowest BCUT2D eigenvalue weighted by Gasteiger charge is -2.25. The van der Waals surface area contributed by atoms with Crippen LogP contribution in [0.25, 0.3) is 0 Å². The number of hydrogen-bond donors (Lipinski definition) is 1. The highest BCUT2D eigenvalue weighted by Gasteiger charge is 2.18. The molecule has 1 aliphatic rings. The van der Waals surface area contributed by atoms with Crippen molar-refractivity contribution in [3.63, 3.8) is 0 Å². The maximum Gasteiger partial charge on any atom is 0.153 e. The highest BCUT2D eigenvalue weighted by Crippen LogP contribution is 2.28. The molecule has 14 heavy (non-hydrogen) atoms. The Morgan fingerprint density at radius 2 is 2.36 bits per heavy atom. The lowest BCUT2D eigenvalue weighted by molar-refractivity contribution is 0.111. The van der Waals surface area contributed by atoms with Crippen molar-refractivity contribution in [1.82, 2.24) is 0 Å². The van der Waals surface area contributed by atoms with Crippen LogP contribution in [0.15, 0.2) is 12.1 Å². The third-order valence-corrected chi connectivity index (χ3v) is 2.65. The van der Waals surface area contributed by atoms with Crippen LogP contribution in [0.4, 0.5) is 10.1 Å². The molecule has 0 amide bonds. The Bertz CT molecular complexity index is 376. The number of fused-ring (bicyclic) bond motifs is 1. The molecule has 0 fully saturated rings. The predicted octanol–water partition coefficient (Wildman–Crippen LogP) is 2.38. The Morgan fingerprint density at radius 1 is 1.57 bits per heavy atom. The number of carbonyl (C=O) groups excluding carboxylic acids is 1. The van der Waals surface area contributed by atoms with Gasteiger partial charge in [0.2, 0.25) is 0 Å². The second kappa shape index (κ2) is 3.40. The molecule has 0 bridgehead atoms. The van der Waals surface area contributed by atoms with E-state index in [1.807, 2.05) is 0 Å². The number of halogens is 1. The van der Waals surface area contributed by atoms with Crippen LogP contribution in [0.3, 0.4) is 0 Å². The van der Waals surface area contributed by atoms with Gasteiger partial charge in [-0.25, -0.2) is 4.39 Å². The van der Waals surface area contributed by atoms with Crippen molar-refractivity contribution in [3.8, 4) is 0 Å². The minimum Gasteiger partial charge on any atom is -0.382 e. The van der Waals surface area contributed by atoms with Crippen molar-refractivity contribution >= 4 is 12.0 Å². The lowest BCUT2D eigenvalue weighted by Crippen LogP contribution is -2.23. The topological polar surface area (TPSA) is 29.1 Å². The van der Waals surface area contributed by atoms with E-state index in [0.29, 0.717) is 12.3 Å². The molecule has 1 aromatic rings. The molecule has 74 valence electrons. The molecule has 1 N–H and O–H groups in total. The van der Waals surface area contributed by atoms with E-state index in [-0.39, 0.29) is 5.56 Å². The Hall–Kier alpha value is -1.38. The van der Waals surface area contributed by atoms with Gasteiger partial charge < -0.3 is 5.32 Å². The smallest absolute Gasteiger partial charge is 0.153 e. The van der Waals surface area contributed by atoms with Crippen LogP contribution in [-0.4, -0.2) is 12.3 Å². The number of hydrogen-bond acceptors (Lipinski definition) is 2. The molecule has 0 aliphatic carbocycles. The van der Waals surface area contributed by atoms with Gasteiger partial charge in [-0.3, -0.25) is 4.79 Å². The second-order valence-electron chi connectivity index (χ2n) is 3.69. The fourth-order valence-electron chi connectivity index (χ4n) is 1.87. The first-order valence-corrected chi connectivity index (χ1v) is 4.75. The van der Waals surface area contributed by atoms with Gasteiger partial charge in [-0.1, -0.05) is 0 Å². The van der Waals surface area contributed by atoms with Crippen molar-refractivity contribution in [3.05, 3.63) is 29.1 Å². The minimum atomic E-state index is -0.421. The van der Waals surface area contributed by atoms with Crippen LogP contribution in [0.2, 0.25) is 0 Å². The highest BCUT2D eigenvalue weighted by molar-refractivity contribution is 5.81. The summed E-state index contributed by atoms with van der Waals surface area (Å²) < 4.78 is 13.2. The SMILES string of the molecule is CC1CCc2c(ccc(F)c2C=O)N1. The van der Waals surface area contributed by atoms with Gasteiger partial charge in [-0.05, 0) is 37.5 Å². The summed E-state index contributed by atoms with van der Waals surface area (Å²) >= 11 is 0. The Morgan fingerprint density at radius 3 is 3.07 bits per heavy atom. The molecular weight excluding hydrogens is 181 g/mol. The van der Waals surface area contributed by atoms with Gasteiger partial charge in [-0.2, -0.15) is 0 Å². The fourth-order valence-corrected chi connectivity index (χ4v) is 1.87. The molecule has 0 radical (unpaired) electrons. The molecule has 1 unspecified atom stereocenters. The predicted molar refractivity (Wildman–Crippen MR) is 53.2 cm³/mol. The van der Waals surface area contributed by atoms with Crippen molar-refractivity contribution in [1.29, 1.82) is 0 Å². The quantitative estimate of drug-likeness (QED) is 0.694. The molecule has 1 aliphatic heterocycles. The Labute approximate surface area is 82.1 Å². The summed E-state index contributed by atoms with van der Waals surface area (Å²) in [6, 6.07) is 3.44. The number of carbonyl (C=O) groups is 1. The van der Waals surface area contributed by atoms with E-state index >= 15 is 0 Å².